The zero-order valence-electron chi connectivity index (χ0n) is 19.2. The van der Waals surface area contributed by atoms with Crippen molar-refractivity contribution in [1.29, 1.82) is 0 Å². The lowest BCUT2D eigenvalue weighted by Crippen LogP contribution is -2.40. The van der Waals surface area contributed by atoms with Crippen LogP contribution in [0, 0.1) is 0 Å². The number of carbonyl (C=O) groups excluding carboxylic acids is 1. The number of benzene rings is 2. The van der Waals surface area contributed by atoms with Gasteiger partial charge in [0.05, 0.1) is 29.5 Å². The predicted molar refractivity (Wildman–Crippen MR) is 128 cm³/mol. The Hall–Kier alpha value is -2.62. The lowest BCUT2D eigenvalue weighted by atomic mass is 10.1. The summed E-state index contributed by atoms with van der Waals surface area (Å²) in [4.78, 5) is 17.2. The van der Waals surface area contributed by atoms with Gasteiger partial charge < -0.3 is 19.9 Å². The second kappa shape index (κ2) is 10.3. The topological polar surface area (TPSA) is 82.2 Å². The third kappa shape index (κ3) is 5.23. The molecule has 3 rings (SSSR count). The van der Waals surface area contributed by atoms with E-state index in [0.29, 0.717) is 37.6 Å². The highest BCUT2D eigenvalue weighted by Crippen LogP contribution is 2.31. The van der Waals surface area contributed by atoms with Crippen molar-refractivity contribution in [3.8, 4) is 0 Å². The van der Waals surface area contributed by atoms with Gasteiger partial charge in [0.1, 0.15) is 0 Å². The normalized spacial score (nSPS) is 14.8. The molecule has 1 aliphatic heterocycles. The zero-order chi connectivity index (χ0) is 23.3. The van der Waals surface area contributed by atoms with E-state index in [9.17, 15) is 13.2 Å². The number of rotatable bonds is 8. The smallest absolute Gasteiger partial charge is 0.255 e. The standard InChI is InChI=1S/C23H32N4O4S/c1-5-26(6-2)22-11-10-20(32(29,30)27-12-14-31-15-13-27)17-21(22)24-23(28)18-8-7-9-19(16-18)25(3)4/h7-11,16-17H,5-6,12-15H2,1-4H3,(H,24,28). The van der Waals surface area contributed by atoms with Crippen molar-refractivity contribution in [1.82, 2.24) is 4.31 Å². The van der Waals surface area contributed by atoms with Crippen LogP contribution in [0.3, 0.4) is 0 Å². The van der Waals surface area contributed by atoms with Gasteiger partial charge in [-0.25, -0.2) is 8.42 Å². The summed E-state index contributed by atoms with van der Waals surface area (Å²) >= 11 is 0. The Morgan fingerprint density at radius 3 is 2.38 bits per heavy atom. The average molecular weight is 461 g/mol. The first kappa shape index (κ1) is 24.0. The summed E-state index contributed by atoms with van der Waals surface area (Å²) in [6.45, 7) is 6.89. The molecule has 0 spiro atoms. The van der Waals surface area contributed by atoms with Crippen molar-refractivity contribution in [2.24, 2.45) is 0 Å². The van der Waals surface area contributed by atoms with Gasteiger partial charge >= 0.3 is 0 Å². The van der Waals surface area contributed by atoms with Crippen LogP contribution in [0.4, 0.5) is 17.1 Å². The van der Waals surface area contributed by atoms with Gasteiger partial charge in [0, 0.05) is 51.5 Å². The number of nitrogens with one attached hydrogen (secondary N) is 1. The molecule has 0 atom stereocenters. The van der Waals surface area contributed by atoms with E-state index in [-0.39, 0.29) is 10.8 Å². The van der Waals surface area contributed by atoms with Crippen molar-refractivity contribution in [3.63, 3.8) is 0 Å². The van der Waals surface area contributed by atoms with Crippen LogP contribution in [-0.2, 0) is 14.8 Å². The minimum absolute atomic E-state index is 0.160. The molecule has 0 aromatic heterocycles. The van der Waals surface area contributed by atoms with Crippen LogP contribution in [0.1, 0.15) is 24.2 Å². The molecule has 1 N–H and O–H groups in total. The third-order valence-electron chi connectivity index (χ3n) is 5.55. The Morgan fingerprint density at radius 2 is 1.75 bits per heavy atom. The highest BCUT2D eigenvalue weighted by molar-refractivity contribution is 7.89. The second-order valence-electron chi connectivity index (χ2n) is 7.77. The van der Waals surface area contributed by atoms with E-state index in [1.54, 1.807) is 30.3 Å². The molecule has 0 unspecified atom stereocenters. The Kier molecular flexibility index (Phi) is 7.76. The van der Waals surface area contributed by atoms with Gasteiger partial charge in [0.15, 0.2) is 0 Å². The van der Waals surface area contributed by atoms with Gasteiger partial charge in [-0.05, 0) is 50.2 Å². The van der Waals surface area contributed by atoms with Gasteiger partial charge in [-0.15, -0.1) is 0 Å². The zero-order valence-corrected chi connectivity index (χ0v) is 20.0. The van der Waals surface area contributed by atoms with Crippen LogP contribution in [0.15, 0.2) is 47.4 Å². The molecule has 174 valence electrons. The number of nitrogens with zero attached hydrogens (tertiary/aromatic N) is 3. The number of ether oxygens (including phenoxy) is 1. The molecule has 1 heterocycles. The third-order valence-corrected chi connectivity index (χ3v) is 7.45. The molecule has 1 fully saturated rings. The van der Waals surface area contributed by atoms with E-state index in [1.807, 2.05) is 45.0 Å². The molecule has 0 radical (unpaired) electrons. The van der Waals surface area contributed by atoms with Crippen LogP contribution in [0.2, 0.25) is 0 Å². The average Bonchev–Trinajstić information content (AvgIpc) is 2.81. The van der Waals surface area contributed by atoms with Crippen LogP contribution in [0.5, 0.6) is 0 Å². The quantitative estimate of drug-likeness (QED) is 0.652. The molecule has 32 heavy (non-hydrogen) atoms. The first-order valence-electron chi connectivity index (χ1n) is 10.8. The van der Waals surface area contributed by atoms with E-state index in [1.165, 1.54) is 4.31 Å². The number of morpholine rings is 1. The summed E-state index contributed by atoms with van der Waals surface area (Å²) in [5, 5.41) is 2.95. The Balaban J connectivity index is 1.98. The number of carbonyl (C=O) groups is 1. The molecule has 8 nitrogen and oxygen atoms in total. The number of anilines is 3. The highest BCUT2D eigenvalue weighted by Gasteiger charge is 2.27. The first-order chi connectivity index (χ1) is 15.3. The number of hydrogen-bond acceptors (Lipinski definition) is 6. The van der Waals surface area contributed by atoms with Gasteiger partial charge in [0.2, 0.25) is 10.0 Å². The molecular weight excluding hydrogens is 428 g/mol. The number of amides is 1. The molecular formula is C23H32N4O4S. The van der Waals surface area contributed by atoms with Gasteiger partial charge in [-0.1, -0.05) is 6.07 Å². The summed E-state index contributed by atoms with van der Waals surface area (Å²) in [5.74, 6) is -0.289. The van der Waals surface area contributed by atoms with E-state index in [0.717, 1.165) is 24.5 Å². The molecule has 2 aromatic carbocycles. The maximum atomic E-state index is 13.2. The van der Waals surface area contributed by atoms with Crippen molar-refractivity contribution in [3.05, 3.63) is 48.0 Å². The fraction of sp³-hybridized carbons (Fsp3) is 0.435. The summed E-state index contributed by atoms with van der Waals surface area (Å²) in [6, 6.07) is 12.2. The Morgan fingerprint density at radius 1 is 1.06 bits per heavy atom. The minimum Gasteiger partial charge on any atom is -0.379 e. The predicted octanol–water partition coefficient (Wildman–Crippen LogP) is 2.87. The monoisotopic (exact) mass is 460 g/mol. The highest BCUT2D eigenvalue weighted by atomic mass is 32.2. The van der Waals surface area contributed by atoms with E-state index < -0.39 is 10.0 Å². The Labute approximate surface area is 190 Å². The van der Waals surface area contributed by atoms with Crippen molar-refractivity contribution < 1.29 is 17.9 Å². The first-order valence-corrected chi connectivity index (χ1v) is 12.3. The minimum atomic E-state index is -3.68. The van der Waals surface area contributed by atoms with Crippen molar-refractivity contribution in [2.75, 3.05) is 68.6 Å². The molecule has 9 heteroatoms. The molecule has 1 aliphatic rings. The summed E-state index contributed by atoms with van der Waals surface area (Å²) in [7, 11) is 0.142. The van der Waals surface area contributed by atoms with Crippen LogP contribution in [-0.4, -0.2) is 72.1 Å². The number of sulfonamides is 1. The molecule has 1 saturated heterocycles. The van der Waals surface area contributed by atoms with Crippen LogP contribution >= 0.6 is 0 Å². The van der Waals surface area contributed by atoms with Gasteiger partial charge in [0.25, 0.3) is 5.91 Å². The van der Waals surface area contributed by atoms with Crippen LogP contribution < -0.4 is 15.1 Å². The molecule has 0 saturated carbocycles. The van der Waals surface area contributed by atoms with E-state index in [2.05, 4.69) is 10.2 Å². The number of hydrogen-bond donors (Lipinski definition) is 1. The maximum absolute atomic E-state index is 13.2. The SMILES string of the molecule is CCN(CC)c1ccc(S(=O)(=O)N2CCOCC2)cc1NC(=O)c1cccc(N(C)C)c1. The molecule has 0 bridgehead atoms. The van der Waals surface area contributed by atoms with Gasteiger partial charge in [-0.2, -0.15) is 4.31 Å². The fourth-order valence-corrected chi connectivity index (χ4v) is 5.11. The molecule has 1 amide bonds. The van der Waals surface area contributed by atoms with E-state index >= 15 is 0 Å². The van der Waals surface area contributed by atoms with Crippen molar-refractivity contribution in [2.45, 2.75) is 18.7 Å². The summed E-state index contributed by atoms with van der Waals surface area (Å²) in [6.07, 6.45) is 0. The largest absolute Gasteiger partial charge is 0.379 e. The lowest BCUT2D eigenvalue weighted by Gasteiger charge is -2.28. The summed E-state index contributed by atoms with van der Waals surface area (Å²) in [5.41, 5.74) is 2.67. The molecule has 2 aromatic rings. The Bertz CT molecular complexity index is 1050. The lowest BCUT2D eigenvalue weighted by molar-refractivity contribution is 0.0730. The van der Waals surface area contributed by atoms with Gasteiger partial charge in [-0.3, -0.25) is 4.79 Å². The fourth-order valence-electron chi connectivity index (χ4n) is 3.67. The van der Waals surface area contributed by atoms with Crippen molar-refractivity contribution >= 4 is 33.0 Å². The summed E-state index contributed by atoms with van der Waals surface area (Å²) < 4.78 is 33.1. The van der Waals surface area contributed by atoms with E-state index in [4.69, 9.17) is 4.74 Å². The van der Waals surface area contributed by atoms with Crippen LogP contribution in [0.25, 0.3) is 0 Å². The molecule has 0 aliphatic carbocycles. The second-order valence-corrected chi connectivity index (χ2v) is 9.70. The maximum Gasteiger partial charge on any atom is 0.255 e.